The van der Waals surface area contributed by atoms with Gasteiger partial charge in [-0.15, -0.1) is 0 Å². The second-order valence-corrected chi connectivity index (χ2v) is 6.03. The maximum atomic E-state index is 12.5. The average molecular weight is 383 g/mol. The average Bonchev–Trinajstić information content (AvgIpc) is 2.67. The summed E-state index contributed by atoms with van der Waals surface area (Å²) in [7, 11) is 1.52. The summed E-state index contributed by atoms with van der Waals surface area (Å²) >= 11 is 5.97. The van der Waals surface area contributed by atoms with Crippen LogP contribution >= 0.6 is 11.6 Å². The number of methoxy groups -OCH3 is 1. The molecule has 0 fully saturated rings. The van der Waals surface area contributed by atoms with Crippen LogP contribution in [0.2, 0.25) is 5.02 Å². The Morgan fingerprint density at radius 1 is 1.30 bits per heavy atom. The highest BCUT2D eigenvalue weighted by atomic mass is 35.5. The summed E-state index contributed by atoms with van der Waals surface area (Å²) in [6, 6.07) is 12.2. The number of carbonyl (C=O) groups is 1. The minimum Gasteiger partial charge on any atom is -0.493 e. The third-order valence-electron chi connectivity index (χ3n) is 3.67. The van der Waals surface area contributed by atoms with Gasteiger partial charge in [-0.2, -0.15) is 5.26 Å². The first-order chi connectivity index (χ1) is 13.0. The zero-order valence-corrected chi connectivity index (χ0v) is 15.8. The van der Waals surface area contributed by atoms with Crippen molar-refractivity contribution in [1.82, 2.24) is 0 Å². The van der Waals surface area contributed by atoms with E-state index in [4.69, 9.17) is 21.1 Å². The molecule has 0 atom stereocenters. The normalized spacial score (nSPS) is 10.7. The Bertz CT molecular complexity index is 930. The first-order valence-corrected chi connectivity index (χ1v) is 8.47. The minimum atomic E-state index is -0.520. The van der Waals surface area contributed by atoms with Crippen LogP contribution in [-0.2, 0) is 4.79 Å². The highest BCUT2D eigenvalue weighted by molar-refractivity contribution is 6.31. The Hall–Kier alpha value is -3.23. The van der Waals surface area contributed by atoms with Gasteiger partial charge in [-0.05, 0) is 48.4 Å². The molecular weight excluding hydrogens is 364 g/mol. The monoisotopic (exact) mass is 382 g/mol. The van der Waals surface area contributed by atoms with Gasteiger partial charge in [0.15, 0.2) is 11.5 Å². The van der Waals surface area contributed by atoms with Gasteiger partial charge in [-0.3, -0.25) is 4.79 Å². The van der Waals surface area contributed by atoms with Crippen LogP contribution in [0.1, 0.15) is 11.1 Å². The van der Waals surface area contributed by atoms with E-state index in [-0.39, 0.29) is 5.57 Å². The zero-order valence-electron chi connectivity index (χ0n) is 15.1. The third kappa shape index (κ3) is 5.37. The second kappa shape index (κ2) is 9.46. The smallest absolute Gasteiger partial charge is 0.266 e. The second-order valence-electron chi connectivity index (χ2n) is 5.59. The van der Waals surface area contributed by atoms with Crippen molar-refractivity contribution < 1.29 is 14.3 Å². The number of nitrogens with zero attached hydrogens (tertiary/aromatic N) is 1. The zero-order chi connectivity index (χ0) is 19.8. The molecule has 0 unspecified atom stereocenters. The van der Waals surface area contributed by atoms with Crippen LogP contribution in [0.25, 0.3) is 6.08 Å². The van der Waals surface area contributed by atoms with E-state index in [1.165, 1.54) is 13.2 Å². The summed E-state index contributed by atoms with van der Waals surface area (Å²) in [5.41, 5.74) is 1.98. The molecule has 0 heterocycles. The summed E-state index contributed by atoms with van der Waals surface area (Å²) in [6.45, 7) is 5.79. The first kappa shape index (κ1) is 20.1. The third-order valence-corrected chi connectivity index (χ3v) is 3.90. The Morgan fingerprint density at radius 2 is 2.07 bits per heavy atom. The standard InChI is InChI=1S/C21H19ClN2O3/c1-4-9-27-19-8-6-15(11-20(19)26-3)10-16(13-23)21(25)24-18-12-17(22)7-5-14(18)2/h4-8,10-12H,1,9H2,2-3H3,(H,24,25)/b16-10+. The predicted molar refractivity (Wildman–Crippen MR) is 107 cm³/mol. The molecule has 0 aliphatic rings. The molecule has 0 saturated carbocycles. The molecule has 138 valence electrons. The fourth-order valence-corrected chi connectivity index (χ4v) is 2.45. The number of hydrogen-bond donors (Lipinski definition) is 1. The molecule has 27 heavy (non-hydrogen) atoms. The van der Waals surface area contributed by atoms with Crippen LogP contribution in [0.3, 0.4) is 0 Å². The van der Waals surface area contributed by atoms with Gasteiger partial charge in [0.25, 0.3) is 5.91 Å². The number of carbonyl (C=O) groups excluding carboxylic acids is 1. The van der Waals surface area contributed by atoms with Crippen LogP contribution in [0.15, 0.2) is 54.6 Å². The molecule has 0 bridgehead atoms. The number of hydrogen-bond acceptors (Lipinski definition) is 4. The summed E-state index contributed by atoms with van der Waals surface area (Å²) < 4.78 is 10.8. The van der Waals surface area contributed by atoms with E-state index in [2.05, 4.69) is 11.9 Å². The fourth-order valence-electron chi connectivity index (χ4n) is 2.28. The number of nitrogens with one attached hydrogen (secondary N) is 1. The van der Waals surface area contributed by atoms with Crippen molar-refractivity contribution in [1.29, 1.82) is 5.26 Å². The van der Waals surface area contributed by atoms with Crippen molar-refractivity contribution >= 4 is 29.3 Å². The predicted octanol–water partition coefficient (Wildman–Crippen LogP) is 4.77. The molecule has 2 aromatic rings. The van der Waals surface area contributed by atoms with Gasteiger partial charge >= 0.3 is 0 Å². The number of halogens is 1. The molecule has 0 aliphatic carbocycles. The van der Waals surface area contributed by atoms with E-state index in [9.17, 15) is 10.1 Å². The lowest BCUT2D eigenvalue weighted by atomic mass is 10.1. The van der Waals surface area contributed by atoms with Crippen molar-refractivity contribution in [3.63, 3.8) is 0 Å². The molecule has 0 spiro atoms. The Labute approximate surface area is 163 Å². The largest absolute Gasteiger partial charge is 0.493 e. The van der Waals surface area contributed by atoms with Crippen molar-refractivity contribution in [2.75, 3.05) is 19.0 Å². The SMILES string of the molecule is C=CCOc1ccc(/C=C(\C#N)C(=O)Nc2cc(Cl)ccc2C)cc1OC. The van der Waals surface area contributed by atoms with Crippen LogP contribution in [-0.4, -0.2) is 19.6 Å². The molecule has 0 aromatic heterocycles. The number of ether oxygens (including phenoxy) is 2. The molecule has 6 heteroatoms. The lowest BCUT2D eigenvalue weighted by Gasteiger charge is -2.10. The van der Waals surface area contributed by atoms with Crippen molar-refractivity contribution in [3.8, 4) is 17.6 Å². The van der Waals surface area contributed by atoms with Crippen molar-refractivity contribution in [2.24, 2.45) is 0 Å². The quantitative estimate of drug-likeness (QED) is 0.425. The maximum absolute atomic E-state index is 12.5. The topological polar surface area (TPSA) is 71.3 Å². The summed E-state index contributed by atoms with van der Waals surface area (Å²) in [4.78, 5) is 12.5. The lowest BCUT2D eigenvalue weighted by Crippen LogP contribution is -2.14. The van der Waals surface area contributed by atoms with Crippen LogP contribution < -0.4 is 14.8 Å². The van der Waals surface area contributed by atoms with Crippen LogP contribution in [0.5, 0.6) is 11.5 Å². The number of rotatable bonds is 7. The van der Waals surface area contributed by atoms with Crippen LogP contribution in [0, 0.1) is 18.3 Å². The van der Waals surface area contributed by atoms with Gasteiger partial charge in [-0.1, -0.05) is 36.4 Å². The molecule has 1 N–H and O–H groups in total. The highest BCUT2D eigenvalue weighted by Crippen LogP contribution is 2.29. The van der Waals surface area contributed by atoms with E-state index in [0.717, 1.165) is 5.56 Å². The molecule has 0 radical (unpaired) electrons. The molecule has 0 saturated heterocycles. The number of anilines is 1. The fraction of sp³-hybridized carbons (Fsp3) is 0.143. The minimum absolute atomic E-state index is 0.0452. The first-order valence-electron chi connectivity index (χ1n) is 8.09. The maximum Gasteiger partial charge on any atom is 0.266 e. The molecule has 2 aromatic carbocycles. The van der Waals surface area contributed by atoms with Gasteiger partial charge in [0.05, 0.1) is 7.11 Å². The van der Waals surface area contributed by atoms with E-state index in [0.29, 0.717) is 34.4 Å². The molecular formula is C21H19ClN2O3. The van der Waals surface area contributed by atoms with Crippen molar-refractivity contribution in [2.45, 2.75) is 6.92 Å². The van der Waals surface area contributed by atoms with E-state index in [1.54, 1.807) is 42.5 Å². The van der Waals surface area contributed by atoms with E-state index >= 15 is 0 Å². The van der Waals surface area contributed by atoms with Gasteiger partial charge in [0, 0.05) is 10.7 Å². The highest BCUT2D eigenvalue weighted by Gasteiger charge is 2.12. The Morgan fingerprint density at radius 3 is 2.74 bits per heavy atom. The molecule has 2 rings (SSSR count). The van der Waals surface area contributed by atoms with Gasteiger partial charge < -0.3 is 14.8 Å². The van der Waals surface area contributed by atoms with E-state index in [1.807, 2.05) is 13.0 Å². The molecule has 0 aliphatic heterocycles. The molecule has 1 amide bonds. The Balaban J connectivity index is 2.26. The number of aryl methyl sites for hydroxylation is 1. The Kier molecular flexibility index (Phi) is 7.04. The van der Waals surface area contributed by atoms with E-state index < -0.39 is 5.91 Å². The summed E-state index contributed by atoms with van der Waals surface area (Å²) in [6.07, 6.45) is 3.11. The van der Waals surface area contributed by atoms with Gasteiger partial charge in [-0.25, -0.2) is 0 Å². The van der Waals surface area contributed by atoms with Crippen molar-refractivity contribution in [3.05, 3.63) is 70.8 Å². The summed E-state index contributed by atoms with van der Waals surface area (Å²) in [5.74, 6) is 0.523. The van der Waals surface area contributed by atoms with Gasteiger partial charge in [0.1, 0.15) is 18.2 Å². The van der Waals surface area contributed by atoms with Gasteiger partial charge in [0.2, 0.25) is 0 Å². The number of benzene rings is 2. The summed E-state index contributed by atoms with van der Waals surface area (Å²) in [5, 5.41) is 12.6. The lowest BCUT2D eigenvalue weighted by molar-refractivity contribution is -0.112. The molecule has 5 nitrogen and oxygen atoms in total. The van der Waals surface area contributed by atoms with Crippen LogP contribution in [0.4, 0.5) is 5.69 Å². The number of amides is 1. The number of nitriles is 1.